The second-order valence-electron chi connectivity index (χ2n) is 6.65. The summed E-state index contributed by atoms with van der Waals surface area (Å²) in [6.45, 7) is 8.44. The van der Waals surface area contributed by atoms with Crippen molar-refractivity contribution in [1.82, 2.24) is 0 Å². The summed E-state index contributed by atoms with van der Waals surface area (Å²) in [6, 6.07) is 12.8. The standard InChI is InChI=1S/C22H30N3OS2/c1-5-27-28-15-14-25-12-7-6-8-22(25)19(3)16-20-9-10-21(17-18(20)2)24(4)13-11-23-26/h6-10,12,16-17H,5,11,13-15H2,1-4H3/q+1. The average Bonchev–Trinajstić information content (AvgIpc) is 2.71. The lowest BCUT2D eigenvalue weighted by Gasteiger charge is -2.18. The minimum atomic E-state index is 0.305. The van der Waals surface area contributed by atoms with Crippen molar-refractivity contribution in [3.63, 3.8) is 0 Å². The second-order valence-corrected chi connectivity index (χ2v) is 9.52. The Morgan fingerprint density at radius 2 is 2.07 bits per heavy atom. The van der Waals surface area contributed by atoms with Crippen LogP contribution in [0.25, 0.3) is 11.6 Å². The molecule has 0 unspecified atom stereocenters. The topological polar surface area (TPSA) is 36.5 Å². The van der Waals surface area contributed by atoms with Gasteiger partial charge in [-0.15, -0.1) is 0 Å². The van der Waals surface area contributed by atoms with E-state index in [2.05, 4.69) is 84.1 Å². The third-order valence-electron chi connectivity index (χ3n) is 4.55. The molecule has 0 saturated heterocycles. The fourth-order valence-electron chi connectivity index (χ4n) is 2.99. The first-order valence-electron chi connectivity index (χ1n) is 9.59. The van der Waals surface area contributed by atoms with E-state index in [1.807, 2.05) is 28.6 Å². The van der Waals surface area contributed by atoms with Crippen LogP contribution in [0.15, 0.2) is 47.8 Å². The minimum absolute atomic E-state index is 0.305. The second kappa shape index (κ2) is 11.9. The molecule has 0 N–H and O–H groups in total. The zero-order chi connectivity index (χ0) is 20.4. The summed E-state index contributed by atoms with van der Waals surface area (Å²) in [5.41, 5.74) is 6.05. The van der Waals surface area contributed by atoms with Gasteiger partial charge in [0.1, 0.15) is 0 Å². The number of rotatable bonds is 11. The summed E-state index contributed by atoms with van der Waals surface area (Å²) in [7, 11) is 5.83. The van der Waals surface area contributed by atoms with Crippen LogP contribution in [0.5, 0.6) is 0 Å². The molecule has 2 rings (SSSR count). The number of anilines is 1. The van der Waals surface area contributed by atoms with Gasteiger partial charge >= 0.3 is 0 Å². The van der Waals surface area contributed by atoms with Gasteiger partial charge in [0.05, 0.1) is 12.3 Å². The van der Waals surface area contributed by atoms with Gasteiger partial charge in [-0.2, -0.15) is 9.47 Å². The molecule has 0 aliphatic carbocycles. The van der Waals surface area contributed by atoms with Crippen molar-refractivity contribution in [3.05, 3.63) is 64.3 Å². The van der Waals surface area contributed by atoms with E-state index in [9.17, 15) is 4.91 Å². The van der Waals surface area contributed by atoms with Crippen molar-refractivity contribution in [2.75, 3.05) is 36.5 Å². The molecule has 0 fully saturated rings. The highest BCUT2D eigenvalue weighted by atomic mass is 33.1. The SMILES string of the molecule is CCSSCC[n+]1ccccc1/C(C)=C/c1ccc(N(C)CCN=O)cc1C. The summed E-state index contributed by atoms with van der Waals surface area (Å²) in [4.78, 5) is 12.4. The van der Waals surface area contributed by atoms with Crippen molar-refractivity contribution >= 4 is 38.9 Å². The third kappa shape index (κ3) is 6.67. The minimum Gasteiger partial charge on any atom is -0.373 e. The molecule has 150 valence electrons. The molecule has 0 atom stereocenters. The third-order valence-corrected chi connectivity index (χ3v) is 7.01. The molecular weight excluding hydrogens is 386 g/mol. The normalized spacial score (nSPS) is 11.5. The van der Waals surface area contributed by atoms with E-state index >= 15 is 0 Å². The maximum atomic E-state index is 10.4. The molecule has 1 heterocycles. The largest absolute Gasteiger partial charge is 0.373 e. The molecule has 0 spiro atoms. The number of hydrogen-bond acceptors (Lipinski definition) is 5. The number of hydrogen-bond donors (Lipinski definition) is 0. The lowest BCUT2D eigenvalue weighted by Crippen LogP contribution is -2.38. The Hall–Kier alpha value is -1.79. The van der Waals surface area contributed by atoms with Crippen LogP contribution < -0.4 is 9.47 Å². The Balaban J connectivity index is 2.18. The predicted molar refractivity (Wildman–Crippen MR) is 126 cm³/mol. The van der Waals surface area contributed by atoms with Gasteiger partial charge < -0.3 is 4.90 Å². The van der Waals surface area contributed by atoms with Gasteiger partial charge in [-0.05, 0) is 49.2 Å². The lowest BCUT2D eigenvalue weighted by atomic mass is 10.0. The lowest BCUT2D eigenvalue weighted by molar-refractivity contribution is -0.694. The van der Waals surface area contributed by atoms with Gasteiger partial charge in [0, 0.05) is 42.7 Å². The van der Waals surface area contributed by atoms with Gasteiger partial charge in [0.15, 0.2) is 12.7 Å². The maximum Gasteiger partial charge on any atom is 0.208 e. The fourth-order valence-corrected chi connectivity index (χ4v) is 4.63. The molecule has 0 aliphatic rings. The summed E-state index contributed by atoms with van der Waals surface area (Å²) in [6.07, 6.45) is 4.42. The Kier molecular flexibility index (Phi) is 9.58. The molecule has 28 heavy (non-hydrogen) atoms. The number of aromatic nitrogens is 1. The molecule has 0 bridgehead atoms. The highest BCUT2D eigenvalue weighted by molar-refractivity contribution is 8.76. The number of nitrogens with zero attached hydrogens (tertiary/aromatic N) is 3. The monoisotopic (exact) mass is 416 g/mol. The number of benzene rings is 1. The van der Waals surface area contributed by atoms with Crippen molar-refractivity contribution in [3.8, 4) is 0 Å². The van der Waals surface area contributed by atoms with E-state index in [1.54, 1.807) is 0 Å². The van der Waals surface area contributed by atoms with Crippen LogP contribution in [0.3, 0.4) is 0 Å². The smallest absolute Gasteiger partial charge is 0.208 e. The zero-order valence-electron chi connectivity index (χ0n) is 17.2. The molecule has 4 nitrogen and oxygen atoms in total. The Labute approximate surface area is 176 Å². The highest BCUT2D eigenvalue weighted by Gasteiger charge is 2.12. The number of likely N-dealkylation sites (N-methyl/N-ethyl adjacent to an activating group) is 1. The van der Waals surface area contributed by atoms with E-state index in [4.69, 9.17) is 0 Å². The molecular formula is C22H30N3OS2+. The molecule has 6 heteroatoms. The van der Waals surface area contributed by atoms with Gasteiger partial charge in [0.2, 0.25) is 5.69 Å². The average molecular weight is 417 g/mol. The molecule has 2 aromatic rings. The van der Waals surface area contributed by atoms with Crippen LogP contribution in [0, 0.1) is 11.8 Å². The summed E-state index contributed by atoms with van der Waals surface area (Å²) < 4.78 is 2.33. The van der Waals surface area contributed by atoms with Crippen molar-refractivity contribution in [2.24, 2.45) is 5.18 Å². The molecule has 1 aromatic carbocycles. The first-order valence-corrected chi connectivity index (χ1v) is 12.1. The highest BCUT2D eigenvalue weighted by Crippen LogP contribution is 2.23. The van der Waals surface area contributed by atoms with E-state index in [1.165, 1.54) is 22.4 Å². The predicted octanol–water partition coefficient (Wildman–Crippen LogP) is 5.45. The van der Waals surface area contributed by atoms with Gasteiger partial charge in [0.25, 0.3) is 0 Å². The number of pyridine rings is 1. The molecule has 0 aliphatic heterocycles. The first kappa shape index (κ1) is 22.5. The zero-order valence-corrected chi connectivity index (χ0v) is 18.9. The van der Waals surface area contributed by atoms with E-state index in [0.717, 1.165) is 23.7 Å². The van der Waals surface area contributed by atoms with E-state index < -0.39 is 0 Å². The van der Waals surface area contributed by atoms with Crippen LogP contribution in [-0.2, 0) is 6.54 Å². The van der Waals surface area contributed by atoms with E-state index in [0.29, 0.717) is 13.1 Å². The maximum absolute atomic E-state index is 10.4. The number of allylic oxidation sites excluding steroid dienone is 1. The fraction of sp³-hybridized carbons (Fsp3) is 0.409. The number of aryl methyl sites for hydroxylation is 2. The molecule has 1 aromatic heterocycles. The Bertz CT molecular complexity index is 808. The van der Waals surface area contributed by atoms with Gasteiger partial charge in [-0.3, -0.25) is 0 Å². The quantitative estimate of drug-likeness (QED) is 0.211. The van der Waals surface area contributed by atoms with Gasteiger partial charge in [-0.25, -0.2) is 0 Å². The van der Waals surface area contributed by atoms with Crippen LogP contribution in [-0.4, -0.2) is 31.6 Å². The van der Waals surface area contributed by atoms with Crippen molar-refractivity contribution in [2.45, 2.75) is 27.3 Å². The Morgan fingerprint density at radius 3 is 2.79 bits per heavy atom. The van der Waals surface area contributed by atoms with Crippen LogP contribution >= 0.6 is 21.6 Å². The Morgan fingerprint density at radius 1 is 1.25 bits per heavy atom. The molecule has 0 amide bonds. The summed E-state index contributed by atoms with van der Waals surface area (Å²) in [5, 5.41) is 2.95. The van der Waals surface area contributed by atoms with E-state index in [-0.39, 0.29) is 0 Å². The van der Waals surface area contributed by atoms with Gasteiger partial charge in [-0.1, -0.05) is 39.8 Å². The van der Waals surface area contributed by atoms with Crippen LogP contribution in [0.4, 0.5) is 5.69 Å². The molecule has 0 saturated carbocycles. The van der Waals surface area contributed by atoms with Crippen LogP contribution in [0.2, 0.25) is 0 Å². The van der Waals surface area contributed by atoms with Crippen molar-refractivity contribution in [1.29, 1.82) is 0 Å². The first-order chi connectivity index (χ1) is 13.6. The van der Waals surface area contributed by atoms with Crippen molar-refractivity contribution < 1.29 is 4.57 Å². The number of nitroso groups, excluding NO2 is 1. The van der Waals surface area contributed by atoms with Crippen LogP contribution in [0.1, 0.15) is 30.7 Å². The molecule has 0 radical (unpaired) electrons. The summed E-state index contributed by atoms with van der Waals surface area (Å²) in [5.74, 6) is 2.25. The summed E-state index contributed by atoms with van der Waals surface area (Å²) >= 11 is 0.